The van der Waals surface area contributed by atoms with Crippen molar-refractivity contribution >= 4 is 29.2 Å². The minimum absolute atomic E-state index is 0. The Hall–Kier alpha value is -1.52. The Labute approximate surface area is 142 Å². The van der Waals surface area contributed by atoms with Crippen LogP contribution < -0.4 is 0 Å². The molecule has 5 heterocycles. The second-order valence-electron chi connectivity index (χ2n) is 7.10. The maximum atomic E-state index is 13.1. The van der Waals surface area contributed by atoms with Gasteiger partial charge in [0.15, 0.2) is 0 Å². The fourth-order valence-electron chi connectivity index (χ4n) is 4.80. The number of carbonyl (C=O) groups excluding carboxylic acids is 1. The zero-order chi connectivity index (χ0) is 14.8. The number of aryl methyl sites for hydroxylation is 1. The number of piperidine rings is 3. The number of nitrogens with zero attached hydrogens (tertiary/aromatic N) is 3. The number of fused-ring (bicyclic) bond motifs is 3. The van der Waals surface area contributed by atoms with Crippen LogP contribution in [0.1, 0.15) is 28.8 Å². The predicted molar refractivity (Wildman–Crippen MR) is 93.0 cm³/mol. The summed E-state index contributed by atoms with van der Waals surface area (Å²) in [5.74, 6) is 0.932. The second kappa shape index (κ2) is 5.25. The number of carbonyl (C=O) groups is 1. The molecule has 0 aliphatic carbocycles. The molecule has 0 radical (unpaired) electrons. The van der Waals surface area contributed by atoms with Crippen LogP contribution in [0, 0.1) is 5.92 Å². The van der Waals surface area contributed by atoms with Crippen LogP contribution >= 0.6 is 12.4 Å². The summed E-state index contributed by atoms with van der Waals surface area (Å²) in [5, 5.41) is 1.17. The average molecular weight is 332 g/mol. The van der Waals surface area contributed by atoms with Crippen molar-refractivity contribution < 1.29 is 4.79 Å². The Morgan fingerprint density at radius 2 is 1.96 bits per heavy atom. The van der Waals surface area contributed by atoms with Crippen molar-refractivity contribution in [2.24, 2.45) is 13.0 Å². The first kappa shape index (κ1) is 15.0. The van der Waals surface area contributed by atoms with Gasteiger partial charge in [0.1, 0.15) is 0 Å². The van der Waals surface area contributed by atoms with Crippen LogP contribution in [-0.2, 0) is 13.6 Å². The van der Waals surface area contributed by atoms with Gasteiger partial charge >= 0.3 is 0 Å². The van der Waals surface area contributed by atoms with Gasteiger partial charge in [-0.05, 0) is 49.5 Å². The van der Waals surface area contributed by atoms with E-state index < -0.39 is 0 Å². The average Bonchev–Trinajstić information content (AvgIpc) is 2.89. The van der Waals surface area contributed by atoms with Crippen LogP contribution in [0.15, 0.2) is 24.4 Å². The molecule has 122 valence electrons. The van der Waals surface area contributed by atoms with E-state index >= 15 is 0 Å². The third kappa shape index (κ3) is 2.05. The number of amides is 1. The molecule has 3 fully saturated rings. The molecule has 6 rings (SSSR count). The molecular formula is C18H22ClN3O. The van der Waals surface area contributed by atoms with Gasteiger partial charge < -0.3 is 14.4 Å². The highest BCUT2D eigenvalue weighted by Gasteiger charge is 2.41. The van der Waals surface area contributed by atoms with Crippen molar-refractivity contribution in [2.75, 3.05) is 19.6 Å². The highest BCUT2D eigenvalue weighted by atomic mass is 35.5. The van der Waals surface area contributed by atoms with Crippen LogP contribution in [0.2, 0.25) is 0 Å². The third-order valence-electron chi connectivity index (χ3n) is 5.95. The van der Waals surface area contributed by atoms with Gasteiger partial charge in [0.2, 0.25) is 0 Å². The Morgan fingerprint density at radius 1 is 1.17 bits per heavy atom. The highest BCUT2D eigenvalue weighted by Crippen LogP contribution is 2.37. The van der Waals surface area contributed by atoms with Gasteiger partial charge in [0.05, 0.1) is 0 Å². The molecule has 1 amide bonds. The molecule has 4 aliphatic heterocycles. The molecule has 4 aliphatic rings. The Balaban J connectivity index is 0.00000135. The monoisotopic (exact) mass is 331 g/mol. The lowest BCUT2D eigenvalue weighted by Crippen LogP contribution is -2.58. The summed E-state index contributed by atoms with van der Waals surface area (Å²) in [4.78, 5) is 17.8. The maximum Gasteiger partial charge on any atom is 0.255 e. The zero-order valence-corrected chi connectivity index (χ0v) is 14.2. The molecule has 5 heteroatoms. The van der Waals surface area contributed by atoms with E-state index in [1.807, 2.05) is 12.1 Å². The first-order chi connectivity index (χ1) is 10.7. The van der Waals surface area contributed by atoms with Gasteiger partial charge in [-0.15, -0.1) is 12.4 Å². The van der Waals surface area contributed by atoms with E-state index in [0.29, 0.717) is 12.0 Å². The van der Waals surface area contributed by atoms with E-state index in [0.717, 1.165) is 18.7 Å². The Bertz CT molecular complexity index is 776. The molecule has 2 aromatic rings. The number of halogens is 1. The first-order valence-electron chi connectivity index (χ1n) is 8.32. The van der Waals surface area contributed by atoms with Crippen molar-refractivity contribution in [2.45, 2.75) is 25.4 Å². The van der Waals surface area contributed by atoms with Gasteiger partial charge in [0, 0.05) is 48.8 Å². The van der Waals surface area contributed by atoms with E-state index in [-0.39, 0.29) is 18.3 Å². The molecule has 0 N–H and O–H groups in total. The van der Waals surface area contributed by atoms with Crippen LogP contribution in [0.3, 0.4) is 0 Å². The van der Waals surface area contributed by atoms with E-state index in [2.05, 4.69) is 33.7 Å². The summed E-state index contributed by atoms with van der Waals surface area (Å²) in [7, 11) is 2.07. The van der Waals surface area contributed by atoms with Gasteiger partial charge in [-0.2, -0.15) is 0 Å². The molecule has 0 unspecified atom stereocenters. The number of hydrogen-bond donors (Lipinski definition) is 0. The number of aromatic nitrogens is 1. The summed E-state index contributed by atoms with van der Waals surface area (Å²) in [6.07, 6.45) is 4.70. The third-order valence-corrected chi connectivity index (χ3v) is 5.95. The zero-order valence-electron chi connectivity index (χ0n) is 13.4. The Kier molecular flexibility index (Phi) is 3.43. The van der Waals surface area contributed by atoms with Crippen molar-refractivity contribution in [1.29, 1.82) is 0 Å². The molecule has 2 bridgehead atoms. The van der Waals surface area contributed by atoms with Crippen molar-refractivity contribution in [3.63, 3.8) is 0 Å². The topological polar surface area (TPSA) is 28.5 Å². The molecule has 1 aromatic carbocycles. The highest BCUT2D eigenvalue weighted by molar-refractivity contribution is 6.09. The Morgan fingerprint density at radius 3 is 2.65 bits per heavy atom. The van der Waals surface area contributed by atoms with E-state index in [1.54, 1.807) is 0 Å². The molecular weight excluding hydrogens is 310 g/mol. The molecule has 0 saturated carbocycles. The lowest BCUT2D eigenvalue weighted by Gasteiger charge is -2.49. The fourth-order valence-corrected chi connectivity index (χ4v) is 4.80. The lowest BCUT2D eigenvalue weighted by atomic mass is 9.82. The molecule has 23 heavy (non-hydrogen) atoms. The van der Waals surface area contributed by atoms with Gasteiger partial charge in [-0.1, -0.05) is 6.07 Å². The SMILES string of the molecule is Cl.Cn1cc2c3c(cccc31)C(=O)N([C@H]1CN3CCC1CC3)C2. The molecule has 4 nitrogen and oxygen atoms in total. The van der Waals surface area contributed by atoms with Gasteiger partial charge in [0.25, 0.3) is 5.91 Å². The first-order valence-corrected chi connectivity index (χ1v) is 8.32. The van der Waals surface area contributed by atoms with Crippen LogP contribution in [0.25, 0.3) is 10.9 Å². The summed E-state index contributed by atoms with van der Waals surface area (Å²) < 4.78 is 2.15. The quantitative estimate of drug-likeness (QED) is 0.803. The van der Waals surface area contributed by atoms with Crippen molar-refractivity contribution in [3.8, 4) is 0 Å². The summed E-state index contributed by atoms with van der Waals surface area (Å²) in [5.41, 5.74) is 3.38. The minimum atomic E-state index is 0. The number of rotatable bonds is 1. The van der Waals surface area contributed by atoms with Crippen molar-refractivity contribution in [3.05, 3.63) is 35.5 Å². The van der Waals surface area contributed by atoms with Gasteiger partial charge in [-0.25, -0.2) is 0 Å². The maximum absolute atomic E-state index is 13.1. The number of benzene rings is 1. The second-order valence-corrected chi connectivity index (χ2v) is 7.10. The smallest absolute Gasteiger partial charge is 0.255 e. The summed E-state index contributed by atoms with van der Waals surface area (Å²) in [6.45, 7) is 4.28. The van der Waals surface area contributed by atoms with E-state index in [1.165, 1.54) is 42.4 Å². The lowest BCUT2D eigenvalue weighted by molar-refractivity contribution is 0.00407. The van der Waals surface area contributed by atoms with Crippen LogP contribution in [0.4, 0.5) is 0 Å². The van der Waals surface area contributed by atoms with Crippen LogP contribution in [0.5, 0.6) is 0 Å². The van der Waals surface area contributed by atoms with E-state index in [4.69, 9.17) is 0 Å². The molecule has 3 saturated heterocycles. The summed E-state index contributed by atoms with van der Waals surface area (Å²) >= 11 is 0. The van der Waals surface area contributed by atoms with Gasteiger partial charge in [-0.3, -0.25) is 4.79 Å². The largest absolute Gasteiger partial charge is 0.350 e. The van der Waals surface area contributed by atoms with E-state index in [9.17, 15) is 4.79 Å². The minimum Gasteiger partial charge on any atom is -0.350 e. The molecule has 1 aromatic heterocycles. The standard InChI is InChI=1S/C18H21N3O.ClH/c1-19-9-13-10-21(16-11-20-7-5-12(16)6-8-20)18(22)14-3-2-4-15(19)17(13)14;/h2-4,9,12,16H,5-8,10-11H2,1H3;1H/t16-;/m0./s1. The fraction of sp³-hybridized carbons (Fsp3) is 0.500. The van der Waals surface area contributed by atoms with Crippen LogP contribution in [-0.4, -0.2) is 46.0 Å². The number of hydrogen-bond acceptors (Lipinski definition) is 2. The normalized spacial score (nSPS) is 29.0. The molecule has 1 atom stereocenters. The predicted octanol–water partition coefficient (Wildman–Crippen LogP) is 2.65. The summed E-state index contributed by atoms with van der Waals surface area (Å²) in [6, 6.07) is 6.53. The molecule has 0 spiro atoms. The van der Waals surface area contributed by atoms with Crippen molar-refractivity contribution in [1.82, 2.24) is 14.4 Å².